The quantitative estimate of drug-likeness (QED) is 0.652. The predicted octanol–water partition coefficient (Wildman–Crippen LogP) is 2.27. The third-order valence-corrected chi connectivity index (χ3v) is 3.52. The minimum absolute atomic E-state index is 0.238. The van der Waals surface area contributed by atoms with E-state index >= 15 is 0 Å². The van der Waals surface area contributed by atoms with Crippen LogP contribution in [0.5, 0.6) is 11.5 Å². The lowest BCUT2D eigenvalue weighted by molar-refractivity contribution is 0.392. The normalized spacial score (nSPS) is 12.0. The molecule has 2 aromatic rings. The number of pyridine rings is 1. The summed E-state index contributed by atoms with van der Waals surface area (Å²) in [6.45, 7) is 4.08. The van der Waals surface area contributed by atoms with Crippen LogP contribution in [0.4, 0.5) is 0 Å². The van der Waals surface area contributed by atoms with Crippen LogP contribution >= 0.6 is 0 Å². The minimum Gasteiger partial charge on any atom is -0.496 e. The summed E-state index contributed by atoms with van der Waals surface area (Å²) in [5, 5.41) is 0. The van der Waals surface area contributed by atoms with Gasteiger partial charge in [0.25, 0.3) is 0 Å². The van der Waals surface area contributed by atoms with E-state index in [9.17, 15) is 0 Å². The largest absolute Gasteiger partial charge is 0.496 e. The molecule has 0 saturated carbocycles. The van der Waals surface area contributed by atoms with E-state index in [1.54, 1.807) is 26.6 Å². The van der Waals surface area contributed by atoms with Gasteiger partial charge in [-0.25, -0.2) is 5.43 Å². The molecule has 0 spiro atoms. The smallest absolute Gasteiger partial charge is 0.142 e. The maximum atomic E-state index is 5.81. The molecule has 0 bridgehead atoms. The molecule has 5 heteroatoms. The number of rotatable bonds is 5. The monoisotopic (exact) mass is 287 g/mol. The summed E-state index contributed by atoms with van der Waals surface area (Å²) in [5.41, 5.74) is 7.02. The summed E-state index contributed by atoms with van der Waals surface area (Å²) in [6.07, 6.45) is 3.40. The number of aromatic nitrogens is 1. The summed E-state index contributed by atoms with van der Waals surface area (Å²) in [6, 6.07) is 5.76. The van der Waals surface area contributed by atoms with Gasteiger partial charge in [0.1, 0.15) is 11.5 Å². The Labute approximate surface area is 125 Å². The van der Waals surface area contributed by atoms with Gasteiger partial charge in [-0.05, 0) is 37.1 Å². The first-order valence-electron chi connectivity index (χ1n) is 6.71. The topological polar surface area (TPSA) is 69.4 Å². The van der Waals surface area contributed by atoms with Crippen molar-refractivity contribution in [2.45, 2.75) is 19.9 Å². The van der Waals surface area contributed by atoms with Crippen molar-refractivity contribution < 1.29 is 9.47 Å². The second-order valence-electron chi connectivity index (χ2n) is 4.92. The van der Waals surface area contributed by atoms with Crippen LogP contribution in [0.25, 0.3) is 0 Å². The third kappa shape index (κ3) is 2.99. The Hall–Kier alpha value is -2.11. The number of hydrazine groups is 1. The van der Waals surface area contributed by atoms with Crippen LogP contribution in [0.1, 0.15) is 28.3 Å². The van der Waals surface area contributed by atoms with Crippen LogP contribution < -0.4 is 20.7 Å². The minimum atomic E-state index is -0.238. The Morgan fingerprint density at radius 1 is 1.14 bits per heavy atom. The molecule has 1 aromatic heterocycles. The van der Waals surface area contributed by atoms with E-state index < -0.39 is 0 Å². The zero-order chi connectivity index (χ0) is 15.4. The summed E-state index contributed by atoms with van der Waals surface area (Å²) in [5.74, 6) is 7.29. The van der Waals surface area contributed by atoms with Gasteiger partial charge < -0.3 is 9.47 Å². The molecular formula is C16H21N3O2. The number of nitrogens with two attached hydrogens (primary N) is 1. The van der Waals surface area contributed by atoms with E-state index in [1.165, 1.54) is 0 Å². The second kappa shape index (κ2) is 6.56. The van der Waals surface area contributed by atoms with Gasteiger partial charge in [0.2, 0.25) is 0 Å². The average Bonchev–Trinajstić information content (AvgIpc) is 2.49. The Morgan fingerprint density at radius 3 is 2.48 bits per heavy atom. The van der Waals surface area contributed by atoms with Gasteiger partial charge in [0.15, 0.2) is 0 Å². The molecule has 2 rings (SSSR count). The zero-order valence-electron chi connectivity index (χ0n) is 12.8. The molecular weight excluding hydrogens is 266 g/mol. The lowest BCUT2D eigenvalue weighted by Gasteiger charge is -2.23. The third-order valence-electron chi connectivity index (χ3n) is 3.52. The number of aryl methyl sites for hydroxylation is 2. The van der Waals surface area contributed by atoms with Crippen molar-refractivity contribution in [3.05, 3.63) is 52.8 Å². The van der Waals surface area contributed by atoms with Gasteiger partial charge in [0, 0.05) is 17.3 Å². The second-order valence-corrected chi connectivity index (χ2v) is 4.92. The highest BCUT2D eigenvalue weighted by molar-refractivity contribution is 5.50. The molecule has 5 nitrogen and oxygen atoms in total. The van der Waals surface area contributed by atoms with Crippen LogP contribution in [0.15, 0.2) is 30.6 Å². The summed E-state index contributed by atoms with van der Waals surface area (Å²) >= 11 is 0. The Morgan fingerprint density at radius 2 is 1.86 bits per heavy atom. The summed E-state index contributed by atoms with van der Waals surface area (Å²) < 4.78 is 10.9. The SMILES string of the molecule is COc1cnccc1C(NN)c1c(C)cc(C)cc1OC. The Kier molecular flexibility index (Phi) is 4.77. The van der Waals surface area contributed by atoms with Crippen molar-refractivity contribution in [1.29, 1.82) is 0 Å². The summed E-state index contributed by atoms with van der Waals surface area (Å²) in [7, 11) is 3.28. The van der Waals surface area contributed by atoms with Crippen molar-refractivity contribution in [1.82, 2.24) is 10.4 Å². The molecule has 3 N–H and O–H groups in total. The number of hydrogen-bond donors (Lipinski definition) is 2. The van der Waals surface area contributed by atoms with Gasteiger partial charge in [0.05, 0.1) is 26.5 Å². The maximum absolute atomic E-state index is 5.81. The van der Waals surface area contributed by atoms with E-state index in [2.05, 4.69) is 16.5 Å². The van der Waals surface area contributed by atoms with Crippen molar-refractivity contribution in [2.24, 2.45) is 5.84 Å². The molecule has 0 amide bonds. The van der Waals surface area contributed by atoms with E-state index in [0.29, 0.717) is 5.75 Å². The highest BCUT2D eigenvalue weighted by Crippen LogP contribution is 2.36. The number of nitrogens with zero attached hydrogens (tertiary/aromatic N) is 1. The molecule has 1 aromatic carbocycles. The molecule has 1 heterocycles. The molecule has 0 radical (unpaired) electrons. The fourth-order valence-electron chi connectivity index (χ4n) is 2.61. The van der Waals surface area contributed by atoms with Gasteiger partial charge >= 0.3 is 0 Å². The van der Waals surface area contributed by atoms with E-state index in [4.69, 9.17) is 15.3 Å². The number of benzene rings is 1. The van der Waals surface area contributed by atoms with Crippen LogP contribution in [0.3, 0.4) is 0 Å². The fraction of sp³-hybridized carbons (Fsp3) is 0.312. The van der Waals surface area contributed by atoms with Crippen molar-refractivity contribution in [3.8, 4) is 11.5 Å². The van der Waals surface area contributed by atoms with E-state index in [0.717, 1.165) is 28.0 Å². The van der Waals surface area contributed by atoms with Crippen LogP contribution in [0.2, 0.25) is 0 Å². The molecule has 0 aliphatic heterocycles. The van der Waals surface area contributed by atoms with Gasteiger partial charge in [-0.2, -0.15) is 0 Å². The van der Waals surface area contributed by atoms with Crippen LogP contribution in [0, 0.1) is 13.8 Å². The van der Waals surface area contributed by atoms with Gasteiger partial charge in [-0.1, -0.05) is 6.07 Å². The molecule has 0 saturated heterocycles. The first kappa shape index (κ1) is 15.3. The average molecular weight is 287 g/mol. The first-order valence-corrected chi connectivity index (χ1v) is 6.71. The van der Waals surface area contributed by atoms with E-state index in [1.807, 2.05) is 26.0 Å². The maximum Gasteiger partial charge on any atom is 0.142 e. The first-order chi connectivity index (χ1) is 10.1. The lowest BCUT2D eigenvalue weighted by atomic mass is 9.93. The fourth-order valence-corrected chi connectivity index (χ4v) is 2.61. The Bertz CT molecular complexity index is 629. The molecule has 1 unspecified atom stereocenters. The van der Waals surface area contributed by atoms with Crippen molar-refractivity contribution >= 4 is 0 Å². The highest BCUT2D eigenvalue weighted by atomic mass is 16.5. The molecule has 0 aliphatic carbocycles. The molecule has 0 aliphatic rings. The standard InChI is InChI=1S/C16H21N3O2/c1-10-7-11(2)15(13(8-10)20-3)16(19-17)12-5-6-18-9-14(12)21-4/h5-9,16,19H,17H2,1-4H3. The predicted molar refractivity (Wildman–Crippen MR) is 82.4 cm³/mol. The number of methoxy groups -OCH3 is 2. The van der Waals surface area contributed by atoms with Gasteiger partial charge in [-0.15, -0.1) is 0 Å². The molecule has 21 heavy (non-hydrogen) atoms. The van der Waals surface area contributed by atoms with Crippen LogP contribution in [-0.4, -0.2) is 19.2 Å². The Balaban J connectivity index is 2.62. The number of ether oxygens (including phenoxy) is 2. The molecule has 112 valence electrons. The van der Waals surface area contributed by atoms with Crippen LogP contribution in [-0.2, 0) is 0 Å². The van der Waals surface area contributed by atoms with Crippen molar-refractivity contribution in [3.63, 3.8) is 0 Å². The van der Waals surface area contributed by atoms with E-state index in [-0.39, 0.29) is 6.04 Å². The molecule has 0 fully saturated rings. The lowest BCUT2D eigenvalue weighted by Crippen LogP contribution is -2.30. The summed E-state index contributed by atoms with van der Waals surface area (Å²) in [4.78, 5) is 4.08. The highest BCUT2D eigenvalue weighted by Gasteiger charge is 2.22. The van der Waals surface area contributed by atoms with Gasteiger partial charge in [-0.3, -0.25) is 10.8 Å². The molecule has 1 atom stereocenters. The zero-order valence-corrected chi connectivity index (χ0v) is 12.8. The number of hydrogen-bond acceptors (Lipinski definition) is 5. The van der Waals surface area contributed by atoms with Crippen molar-refractivity contribution in [2.75, 3.05) is 14.2 Å². The number of nitrogens with one attached hydrogen (secondary N) is 1.